The number of hydrogen-bond acceptors (Lipinski definition) is 3. The summed E-state index contributed by atoms with van der Waals surface area (Å²) in [5.74, 6) is 0.623. The molecule has 2 N–H and O–H groups in total. The van der Waals surface area contributed by atoms with Crippen molar-refractivity contribution in [3.8, 4) is 0 Å². The molecule has 2 atom stereocenters. The molecular formula is C19H26N2O2. The van der Waals surface area contributed by atoms with Crippen molar-refractivity contribution in [1.82, 2.24) is 4.90 Å². The lowest BCUT2D eigenvalue weighted by molar-refractivity contribution is -0.138. The van der Waals surface area contributed by atoms with E-state index in [1.54, 1.807) is 0 Å². The van der Waals surface area contributed by atoms with E-state index in [-0.39, 0.29) is 29.6 Å². The molecule has 2 fully saturated rings. The molecular weight excluding hydrogens is 288 g/mol. The second kappa shape index (κ2) is 7.26. The Bertz CT molecular complexity index is 550. The molecule has 0 radical (unpaired) electrons. The lowest BCUT2D eigenvalue weighted by atomic mass is 9.84. The summed E-state index contributed by atoms with van der Waals surface area (Å²) in [6, 6.07) is 9.66. The van der Waals surface area contributed by atoms with E-state index in [0.29, 0.717) is 13.1 Å². The molecule has 23 heavy (non-hydrogen) atoms. The second-order valence-corrected chi connectivity index (χ2v) is 6.95. The first-order valence-corrected chi connectivity index (χ1v) is 8.79. The van der Waals surface area contributed by atoms with Gasteiger partial charge in [0, 0.05) is 36.5 Å². The van der Waals surface area contributed by atoms with Crippen LogP contribution < -0.4 is 5.73 Å². The molecule has 3 rings (SSSR count). The summed E-state index contributed by atoms with van der Waals surface area (Å²) in [6.07, 6.45) is 5.44. The molecule has 4 heteroatoms. The average molecular weight is 314 g/mol. The quantitative estimate of drug-likeness (QED) is 0.872. The fraction of sp³-hybridized carbons (Fsp3) is 0.579. The summed E-state index contributed by atoms with van der Waals surface area (Å²) < 4.78 is 0. The molecule has 0 aromatic heterocycles. The summed E-state index contributed by atoms with van der Waals surface area (Å²) in [6.45, 7) is 1.40. The zero-order valence-electron chi connectivity index (χ0n) is 13.6. The third-order valence-electron chi connectivity index (χ3n) is 5.30. The monoisotopic (exact) mass is 314 g/mol. The summed E-state index contributed by atoms with van der Waals surface area (Å²) >= 11 is 0. The van der Waals surface area contributed by atoms with Crippen LogP contribution in [0.1, 0.15) is 48.9 Å². The molecule has 0 bridgehead atoms. The minimum atomic E-state index is 0.0510. The number of hydrogen-bond donors (Lipinski definition) is 1. The number of nitrogens with zero attached hydrogens (tertiary/aromatic N) is 1. The number of benzene rings is 1. The van der Waals surface area contributed by atoms with Crippen LogP contribution in [0.4, 0.5) is 0 Å². The number of piperidine rings is 1. The molecule has 4 nitrogen and oxygen atoms in total. The highest BCUT2D eigenvalue weighted by Crippen LogP contribution is 2.28. The van der Waals surface area contributed by atoms with Crippen LogP contribution in [0.25, 0.3) is 0 Å². The number of amides is 1. The molecule has 0 spiro atoms. The molecule has 1 saturated heterocycles. The maximum absolute atomic E-state index is 12.6. The fourth-order valence-corrected chi connectivity index (χ4v) is 3.91. The number of likely N-dealkylation sites (tertiary alicyclic amines) is 1. The lowest BCUT2D eigenvalue weighted by Gasteiger charge is -2.35. The molecule has 2 aliphatic rings. The summed E-state index contributed by atoms with van der Waals surface area (Å²) in [4.78, 5) is 27.1. The van der Waals surface area contributed by atoms with Gasteiger partial charge in [-0.1, -0.05) is 36.8 Å². The Balaban J connectivity index is 1.54. The van der Waals surface area contributed by atoms with E-state index < -0.39 is 0 Å². The number of nitrogens with two attached hydrogens (primary N) is 1. The zero-order valence-corrected chi connectivity index (χ0v) is 13.6. The first kappa shape index (κ1) is 16.2. The smallest absolute Gasteiger partial charge is 0.225 e. The predicted octanol–water partition coefficient (Wildman–Crippen LogP) is 2.63. The van der Waals surface area contributed by atoms with Crippen LogP contribution in [0.15, 0.2) is 30.3 Å². The minimum absolute atomic E-state index is 0.0510. The second-order valence-electron chi connectivity index (χ2n) is 6.95. The molecule has 1 amide bonds. The van der Waals surface area contributed by atoms with Gasteiger partial charge < -0.3 is 10.6 Å². The third-order valence-corrected chi connectivity index (χ3v) is 5.30. The Morgan fingerprint density at radius 1 is 0.957 bits per heavy atom. The van der Waals surface area contributed by atoms with E-state index in [0.717, 1.165) is 44.1 Å². The molecule has 1 aromatic carbocycles. The van der Waals surface area contributed by atoms with E-state index in [1.165, 1.54) is 0 Å². The maximum Gasteiger partial charge on any atom is 0.225 e. The van der Waals surface area contributed by atoms with Gasteiger partial charge in [0.25, 0.3) is 0 Å². The van der Waals surface area contributed by atoms with Crippen molar-refractivity contribution in [2.75, 3.05) is 13.1 Å². The standard InChI is InChI=1S/C19H26N2O2/c20-17-8-4-7-16(13-17)19(23)21-11-9-15(10-12-21)18(22)14-5-2-1-3-6-14/h1-3,5-6,15-17H,4,7-13,20H2. The summed E-state index contributed by atoms with van der Waals surface area (Å²) in [5, 5.41) is 0. The van der Waals surface area contributed by atoms with Crippen LogP contribution in [0.5, 0.6) is 0 Å². The summed E-state index contributed by atoms with van der Waals surface area (Å²) in [7, 11) is 0. The minimum Gasteiger partial charge on any atom is -0.342 e. The van der Waals surface area contributed by atoms with Gasteiger partial charge in [0.15, 0.2) is 5.78 Å². The van der Waals surface area contributed by atoms with Crippen molar-refractivity contribution in [2.45, 2.75) is 44.6 Å². The number of carbonyl (C=O) groups is 2. The average Bonchev–Trinajstić information content (AvgIpc) is 2.61. The van der Waals surface area contributed by atoms with Crippen LogP contribution in [0, 0.1) is 11.8 Å². The van der Waals surface area contributed by atoms with Crippen LogP contribution >= 0.6 is 0 Å². The number of ketones is 1. The highest BCUT2D eigenvalue weighted by molar-refractivity contribution is 5.98. The normalized spacial score (nSPS) is 26.0. The molecule has 1 aliphatic carbocycles. The van der Waals surface area contributed by atoms with Gasteiger partial charge in [-0.2, -0.15) is 0 Å². The highest BCUT2D eigenvalue weighted by Gasteiger charge is 2.32. The van der Waals surface area contributed by atoms with Gasteiger partial charge in [0.2, 0.25) is 5.91 Å². The van der Waals surface area contributed by atoms with Gasteiger partial charge in [-0.25, -0.2) is 0 Å². The van der Waals surface area contributed by atoms with Crippen LogP contribution in [-0.4, -0.2) is 35.7 Å². The van der Waals surface area contributed by atoms with Crippen molar-refractivity contribution in [1.29, 1.82) is 0 Å². The van der Waals surface area contributed by atoms with Crippen molar-refractivity contribution >= 4 is 11.7 Å². The topological polar surface area (TPSA) is 63.4 Å². The number of carbonyl (C=O) groups excluding carboxylic acids is 2. The van der Waals surface area contributed by atoms with Gasteiger partial charge in [-0.15, -0.1) is 0 Å². The molecule has 1 aromatic rings. The maximum atomic E-state index is 12.6. The lowest BCUT2D eigenvalue weighted by Crippen LogP contribution is -2.45. The van der Waals surface area contributed by atoms with E-state index in [9.17, 15) is 9.59 Å². The van der Waals surface area contributed by atoms with Gasteiger partial charge in [-0.3, -0.25) is 9.59 Å². The van der Waals surface area contributed by atoms with Crippen molar-refractivity contribution in [3.63, 3.8) is 0 Å². The van der Waals surface area contributed by atoms with Crippen molar-refractivity contribution < 1.29 is 9.59 Å². The van der Waals surface area contributed by atoms with Crippen molar-refractivity contribution in [2.24, 2.45) is 17.6 Å². The van der Waals surface area contributed by atoms with Gasteiger partial charge in [0.1, 0.15) is 0 Å². The Morgan fingerprint density at radius 3 is 2.30 bits per heavy atom. The molecule has 124 valence electrons. The third kappa shape index (κ3) is 3.81. The Hall–Kier alpha value is -1.68. The fourth-order valence-electron chi connectivity index (χ4n) is 3.91. The van der Waals surface area contributed by atoms with Crippen LogP contribution in [-0.2, 0) is 4.79 Å². The van der Waals surface area contributed by atoms with E-state index in [2.05, 4.69) is 0 Å². The van der Waals surface area contributed by atoms with Gasteiger partial charge in [-0.05, 0) is 32.1 Å². The number of rotatable bonds is 3. The van der Waals surface area contributed by atoms with E-state index in [1.807, 2.05) is 35.2 Å². The van der Waals surface area contributed by atoms with E-state index in [4.69, 9.17) is 5.73 Å². The van der Waals surface area contributed by atoms with Crippen LogP contribution in [0.3, 0.4) is 0 Å². The van der Waals surface area contributed by atoms with Crippen LogP contribution in [0.2, 0.25) is 0 Å². The van der Waals surface area contributed by atoms with Gasteiger partial charge in [0.05, 0.1) is 0 Å². The first-order chi connectivity index (χ1) is 11.1. The SMILES string of the molecule is NC1CCCC(C(=O)N2CCC(C(=O)c3ccccc3)CC2)C1. The molecule has 1 saturated carbocycles. The molecule has 1 aliphatic heterocycles. The largest absolute Gasteiger partial charge is 0.342 e. The van der Waals surface area contributed by atoms with Gasteiger partial charge >= 0.3 is 0 Å². The summed E-state index contributed by atoms with van der Waals surface area (Å²) in [5.41, 5.74) is 6.79. The van der Waals surface area contributed by atoms with Crippen molar-refractivity contribution in [3.05, 3.63) is 35.9 Å². The zero-order chi connectivity index (χ0) is 16.2. The first-order valence-electron chi connectivity index (χ1n) is 8.79. The number of Topliss-reactive ketones (excluding diaryl/α,β-unsaturated/α-hetero) is 1. The van der Waals surface area contributed by atoms with E-state index >= 15 is 0 Å². The predicted molar refractivity (Wildman–Crippen MR) is 90.0 cm³/mol. The Kier molecular flexibility index (Phi) is 5.11. The molecule has 2 unspecified atom stereocenters. The highest BCUT2D eigenvalue weighted by atomic mass is 16.2. The molecule has 1 heterocycles. The Morgan fingerprint density at radius 2 is 1.65 bits per heavy atom. The Labute approximate surface area is 138 Å².